The molecule has 0 bridgehead atoms. The summed E-state index contributed by atoms with van der Waals surface area (Å²) in [7, 11) is 0. The highest BCUT2D eigenvalue weighted by Crippen LogP contribution is 2.45. The normalized spacial score (nSPS) is 41.2. The molecule has 24 heavy (non-hydrogen) atoms. The summed E-state index contributed by atoms with van der Waals surface area (Å²) in [5.41, 5.74) is 0. The third kappa shape index (κ3) is 4.99. The van der Waals surface area contributed by atoms with Crippen LogP contribution in [0.4, 0.5) is 0 Å². The molecule has 3 fully saturated rings. The molecule has 0 spiro atoms. The minimum atomic E-state index is 0.584. The molecular formula is C23H42O. The molecule has 0 aromatic heterocycles. The molecule has 0 aromatic carbocycles. The highest BCUT2D eigenvalue weighted by atomic mass is 16.5. The lowest BCUT2D eigenvalue weighted by Gasteiger charge is -2.41. The van der Waals surface area contributed by atoms with Crippen molar-refractivity contribution in [2.75, 3.05) is 6.61 Å². The first-order valence-electron chi connectivity index (χ1n) is 11.4. The summed E-state index contributed by atoms with van der Waals surface area (Å²) in [4.78, 5) is 0. The van der Waals surface area contributed by atoms with Gasteiger partial charge in [0.2, 0.25) is 0 Å². The van der Waals surface area contributed by atoms with E-state index in [0.29, 0.717) is 6.10 Å². The van der Waals surface area contributed by atoms with Gasteiger partial charge in [-0.1, -0.05) is 39.0 Å². The minimum absolute atomic E-state index is 0.584. The lowest BCUT2D eigenvalue weighted by Crippen LogP contribution is -2.32. The fourth-order valence-corrected chi connectivity index (χ4v) is 6.44. The second-order valence-electron chi connectivity index (χ2n) is 9.25. The SMILES string of the molecule is CCCC1CCC(C2CCC([C@H]3CCC[C@@H](OCC)C3)CC2)CC1. The van der Waals surface area contributed by atoms with Crippen LogP contribution in [-0.2, 0) is 4.74 Å². The van der Waals surface area contributed by atoms with Gasteiger partial charge in [-0.05, 0) is 94.3 Å². The van der Waals surface area contributed by atoms with Crippen molar-refractivity contribution in [3.05, 3.63) is 0 Å². The van der Waals surface area contributed by atoms with E-state index >= 15 is 0 Å². The van der Waals surface area contributed by atoms with Gasteiger partial charge in [0, 0.05) is 6.61 Å². The van der Waals surface area contributed by atoms with E-state index in [0.717, 1.165) is 36.2 Å². The molecule has 0 radical (unpaired) electrons. The Kier molecular flexibility index (Phi) is 7.50. The molecule has 0 unspecified atom stereocenters. The summed E-state index contributed by atoms with van der Waals surface area (Å²) < 4.78 is 5.95. The van der Waals surface area contributed by atoms with E-state index in [4.69, 9.17) is 4.74 Å². The van der Waals surface area contributed by atoms with E-state index in [-0.39, 0.29) is 0 Å². The molecule has 1 heteroatoms. The Morgan fingerprint density at radius 1 is 0.667 bits per heavy atom. The van der Waals surface area contributed by atoms with Crippen molar-refractivity contribution in [1.29, 1.82) is 0 Å². The van der Waals surface area contributed by atoms with Gasteiger partial charge in [-0.15, -0.1) is 0 Å². The van der Waals surface area contributed by atoms with Crippen LogP contribution < -0.4 is 0 Å². The molecule has 0 heterocycles. The Labute approximate surface area is 151 Å². The zero-order valence-corrected chi connectivity index (χ0v) is 16.5. The second kappa shape index (κ2) is 9.60. The van der Waals surface area contributed by atoms with Crippen molar-refractivity contribution in [2.24, 2.45) is 29.6 Å². The summed E-state index contributed by atoms with van der Waals surface area (Å²) >= 11 is 0. The van der Waals surface area contributed by atoms with Crippen LogP contribution in [-0.4, -0.2) is 12.7 Å². The molecule has 0 N–H and O–H groups in total. The average molecular weight is 335 g/mol. The van der Waals surface area contributed by atoms with Crippen LogP contribution in [0.3, 0.4) is 0 Å². The largest absolute Gasteiger partial charge is 0.378 e. The van der Waals surface area contributed by atoms with Gasteiger partial charge in [0.15, 0.2) is 0 Å². The van der Waals surface area contributed by atoms with Gasteiger partial charge in [0.1, 0.15) is 0 Å². The second-order valence-corrected chi connectivity index (χ2v) is 9.25. The van der Waals surface area contributed by atoms with E-state index in [1.807, 2.05) is 0 Å². The van der Waals surface area contributed by atoms with Crippen LogP contribution in [0.1, 0.15) is 104 Å². The lowest BCUT2D eigenvalue weighted by molar-refractivity contribution is 0.00186. The maximum atomic E-state index is 5.95. The molecule has 0 aromatic rings. The third-order valence-electron chi connectivity index (χ3n) is 7.81. The highest BCUT2D eigenvalue weighted by Gasteiger charge is 2.35. The molecule has 0 aliphatic heterocycles. The number of hydrogen-bond acceptors (Lipinski definition) is 1. The van der Waals surface area contributed by atoms with E-state index in [1.54, 1.807) is 25.7 Å². The molecule has 140 valence electrons. The fraction of sp³-hybridized carbons (Fsp3) is 1.00. The van der Waals surface area contributed by atoms with Crippen molar-refractivity contribution in [3.8, 4) is 0 Å². The van der Waals surface area contributed by atoms with Crippen LogP contribution in [0, 0.1) is 29.6 Å². The van der Waals surface area contributed by atoms with Crippen molar-refractivity contribution < 1.29 is 4.74 Å². The average Bonchev–Trinajstić information content (AvgIpc) is 2.63. The van der Waals surface area contributed by atoms with Crippen LogP contribution in [0.25, 0.3) is 0 Å². The van der Waals surface area contributed by atoms with E-state index in [9.17, 15) is 0 Å². The Bertz CT molecular complexity index is 334. The molecule has 0 saturated heterocycles. The van der Waals surface area contributed by atoms with Crippen molar-refractivity contribution >= 4 is 0 Å². The fourth-order valence-electron chi connectivity index (χ4n) is 6.44. The van der Waals surface area contributed by atoms with Gasteiger partial charge in [-0.3, -0.25) is 0 Å². The Morgan fingerprint density at radius 3 is 1.83 bits per heavy atom. The molecular weight excluding hydrogens is 292 g/mol. The highest BCUT2D eigenvalue weighted by molar-refractivity contribution is 4.86. The molecule has 3 aliphatic rings. The third-order valence-corrected chi connectivity index (χ3v) is 7.81. The van der Waals surface area contributed by atoms with Gasteiger partial charge in [-0.25, -0.2) is 0 Å². The summed E-state index contributed by atoms with van der Waals surface area (Å²) in [5, 5.41) is 0. The van der Waals surface area contributed by atoms with Crippen LogP contribution in [0.5, 0.6) is 0 Å². The maximum absolute atomic E-state index is 5.95. The minimum Gasteiger partial charge on any atom is -0.378 e. The topological polar surface area (TPSA) is 9.23 Å². The van der Waals surface area contributed by atoms with Crippen molar-refractivity contribution in [3.63, 3.8) is 0 Å². The van der Waals surface area contributed by atoms with Crippen LogP contribution >= 0.6 is 0 Å². The molecule has 3 rings (SSSR count). The van der Waals surface area contributed by atoms with Gasteiger partial charge >= 0.3 is 0 Å². The van der Waals surface area contributed by atoms with Crippen LogP contribution in [0.2, 0.25) is 0 Å². The van der Waals surface area contributed by atoms with E-state index < -0.39 is 0 Å². The Balaban J connectivity index is 1.39. The predicted octanol–water partition coefficient (Wildman–Crippen LogP) is 6.99. The van der Waals surface area contributed by atoms with Crippen molar-refractivity contribution in [2.45, 2.75) is 110 Å². The summed E-state index contributed by atoms with van der Waals surface area (Å²) in [6.07, 6.45) is 21.4. The zero-order chi connectivity index (χ0) is 16.8. The number of hydrogen-bond donors (Lipinski definition) is 0. The van der Waals surface area contributed by atoms with Crippen LogP contribution in [0.15, 0.2) is 0 Å². The van der Waals surface area contributed by atoms with Gasteiger partial charge in [0.25, 0.3) is 0 Å². The summed E-state index contributed by atoms with van der Waals surface area (Å²) in [5.74, 6) is 5.24. The summed E-state index contributed by atoms with van der Waals surface area (Å²) in [6, 6.07) is 0. The van der Waals surface area contributed by atoms with Crippen molar-refractivity contribution in [1.82, 2.24) is 0 Å². The Morgan fingerprint density at radius 2 is 1.25 bits per heavy atom. The van der Waals surface area contributed by atoms with Gasteiger partial charge < -0.3 is 4.74 Å². The molecule has 3 aliphatic carbocycles. The smallest absolute Gasteiger partial charge is 0.0577 e. The number of rotatable bonds is 6. The number of ether oxygens (including phenoxy) is 1. The molecule has 0 amide bonds. The summed E-state index contributed by atoms with van der Waals surface area (Å²) in [6.45, 7) is 5.42. The van der Waals surface area contributed by atoms with Gasteiger partial charge in [0.05, 0.1) is 6.10 Å². The first kappa shape index (κ1) is 18.7. The first-order chi connectivity index (χ1) is 11.8. The predicted molar refractivity (Wildman–Crippen MR) is 103 cm³/mol. The quantitative estimate of drug-likeness (QED) is 0.508. The standard InChI is InChI=1S/C23H42O/c1-3-6-18-9-11-19(12-10-18)20-13-15-21(16-14-20)22-7-5-8-23(17-22)24-4-2/h18-23H,3-17H2,1-2H3/t18?,19?,20?,21?,22-,23+/m0/s1. The maximum Gasteiger partial charge on any atom is 0.0577 e. The molecule has 2 atom stereocenters. The molecule has 1 nitrogen and oxygen atoms in total. The first-order valence-corrected chi connectivity index (χ1v) is 11.4. The Hall–Kier alpha value is -0.0400. The zero-order valence-electron chi connectivity index (χ0n) is 16.5. The monoisotopic (exact) mass is 334 g/mol. The lowest BCUT2D eigenvalue weighted by atomic mass is 9.65. The molecule has 3 saturated carbocycles. The van der Waals surface area contributed by atoms with E-state index in [1.165, 1.54) is 64.2 Å². The van der Waals surface area contributed by atoms with E-state index in [2.05, 4.69) is 13.8 Å². The van der Waals surface area contributed by atoms with Gasteiger partial charge in [-0.2, -0.15) is 0 Å².